The van der Waals surface area contributed by atoms with E-state index in [1.807, 2.05) is 39.0 Å². The van der Waals surface area contributed by atoms with E-state index in [1.165, 1.54) is 11.3 Å². The lowest BCUT2D eigenvalue weighted by molar-refractivity contribution is 0.0959. The Morgan fingerprint density at radius 3 is 2.89 bits per heavy atom. The average Bonchev–Trinajstić information content (AvgIpc) is 2.72. The van der Waals surface area contributed by atoms with Gasteiger partial charge in [0, 0.05) is 15.8 Å². The predicted molar refractivity (Wildman–Crippen MR) is 82.4 cm³/mol. The van der Waals surface area contributed by atoms with Crippen LogP contribution >= 0.6 is 22.9 Å². The summed E-state index contributed by atoms with van der Waals surface area (Å²) >= 11 is 7.65. The average molecular weight is 295 g/mol. The fourth-order valence-corrected chi connectivity index (χ4v) is 3.10. The third-order valence-corrected chi connectivity index (χ3v) is 4.51. The maximum Gasteiger partial charge on any atom is 0.283 e. The van der Waals surface area contributed by atoms with Crippen LogP contribution in [0, 0.1) is 6.92 Å². The summed E-state index contributed by atoms with van der Waals surface area (Å²) in [4.78, 5) is 12.6. The molecule has 1 amide bonds. The highest BCUT2D eigenvalue weighted by Gasteiger charge is 2.16. The van der Waals surface area contributed by atoms with Gasteiger partial charge in [0.2, 0.25) is 0 Å². The molecule has 2 aromatic rings. The summed E-state index contributed by atoms with van der Waals surface area (Å²) in [5, 5.41) is 5.43. The number of carbonyl (C=O) groups is 1. The molecule has 0 atom stereocenters. The molecule has 0 aliphatic rings. The minimum atomic E-state index is -0.253. The van der Waals surface area contributed by atoms with Crippen LogP contribution in [0.3, 0.4) is 0 Å². The molecule has 100 valence electrons. The van der Waals surface area contributed by atoms with Gasteiger partial charge in [0.05, 0.1) is 5.02 Å². The summed E-state index contributed by atoms with van der Waals surface area (Å²) in [6.07, 6.45) is 0.805. The van der Waals surface area contributed by atoms with Gasteiger partial charge < -0.3 is 0 Å². The molecule has 0 fully saturated rings. The van der Waals surface area contributed by atoms with Crippen LogP contribution in [-0.2, 0) is 0 Å². The normalized spacial score (nSPS) is 11.9. The number of nitrogens with one attached hydrogen (secondary N) is 1. The molecule has 1 N–H and O–H groups in total. The lowest BCUT2D eigenvalue weighted by Gasteiger charge is -1.99. The summed E-state index contributed by atoms with van der Waals surface area (Å²) in [5.74, 6) is -0.253. The lowest BCUT2D eigenvalue weighted by Crippen LogP contribution is -2.18. The number of rotatable bonds is 3. The number of amides is 1. The van der Waals surface area contributed by atoms with Crippen molar-refractivity contribution in [2.75, 3.05) is 0 Å². The van der Waals surface area contributed by atoms with Gasteiger partial charge >= 0.3 is 0 Å². The van der Waals surface area contributed by atoms with Gasteiger partial charge in [-0.05, 0) is 31.9 Å². The van der Waals surface area contributed by atoms with Gasteiger partial charge in [-0.1, -0.05) is 30.7 Å². The Kier molecular flexibility index (Phi) is 4.22. The standard InChI is InChI=1S/C14H15ClN2OS/c1-4-9(3)16-17-14(18)13-12(15)10-6-5-8(2)7-11(10)19-13/h5-7H,4H2,1-3H3,(H,17,18)/b16-9+. The summed E-state index contributed by atoms with van der Waals surface area (Å²) < 4.78 is 1.02. The summed E-state index contributed by atoms with van der Waals surface area (Å²) in [6.45, 7) is 5.87. The Bertz CT molecular complexity index is 661. The monoisotopic (exact) mass is 294 g/mol. The van der Waals surface area contributed by atoms with Crippen LogP contribution in [-0.4, -0.2) is 11.6 Å². The number of aryl methyl sites for hydroxylation is 1. The smallest absolute Gasteiger partial charge is 0.266 e. The van der Waals surface area contributed by atoms with Crippen molar-refractivity contribution >= 4 is 44.6 Å². The maximum atomic E-state index is 12.0. The van der Waals surface area contributed by atoms with Crippen molar-refractivity contribution in [3.63, 3.8) is 0 Å². The molecule has 1 aromatic carbocycles. The topological polar surface area (TPSA) is 41.5 Å². The Morgan fingerprint density at radius 1 is 1.47 bits per heavy atom. The maximum absolute atomic E-state index is 12.0. The van der Waals surface area contributed by atoms with Gasteiger partial charge in [0.1, 0.15) is 4.88 Å². The van der Waals surface area contributed by atoms with Crippen molar-refractivity contribution in [2.24, 2.45) is 5.10 Å². The number of carbonyl (C=O) groups excluding carboxylic acids is 1. The molecule has 19 heavy (non-hydrogen) atoms. The van der Waals surface area contributed by atoms with E-state index in [9.17, 15) is 4.79 Å². The number of nitrogens with zero attached hydrogens (tertiary/aromatic N) is 1. The van der Waals surface area contributed by atoms with Gasteiger partial charge in [0.25, 0.3) is 5.91 Å². The highest BCUT2D eigenvalue weighted by Crippen LogP contribution is 2.35. The first-order chi connectivity index (χ1) is 9.02. The zero-order valence-electron chi connectivity index (χ0n) is 11.1. The second-order valence-electron chi connectivity index (χ2n) is 4.39. The number of hydrogen-bond acceptors (Lipinski definition) is 3. The SMILES string of the molecule is CC/C(C)=N/NC(=O)c1sc2cc(C)ccc2c1Cl. The van der Waals surface area contributed by atoms with Crippen molar-refractivity contribution in [2.45, 2.75) is 27.2 Å². The predicted octanol–water partition coefficient (Wildman–Crippen LogP) is 4.38. The lowest BCUT2D eigenvalue weighted by atomic mass is 10.2. The molecule has 0 saturated carbocycles. The van der Waals surface area contributed by atoms with Crippen LogP contribution in [0.2, 0.25) is 5.02 Å². The third-order valence-electron chi connectivity index (χ3n) is 2.85. The first kappa shape index (κ1) is 14.0. The number of benzene rings is 1. The zero-order valence-corrected chi connectivity index (χ0v) is 12.7. The van der Waals surface area contributed by atoms with Crippen LogP contribution < -0.4 is 5.43 Å². The van der Waals surface area contributed by atoms with E-state index in [4.69, 9.17) is 11.6 Å². The molecular formula is C14H15ClN2OS. The number of hydrazone groups is 1. The van der Waals surface area contributed by atoms with E-state index in [0.717, 1.165) is 27.8 Å². The van der Waals surface area contributed by atoms with Gasteiger partial charge in [-0.25, -0.2) is 5.43 Å². The summed E-state index contributed by atoms with van der Waals surface area (Å²) in [5.41, 5.74) is 4.57. The third kappa shape index (κ3) is 2.96. The van der Waals surface area contributed by atoms with Crippen molar-refractivity contribution < 1.29 is 4.79 Å². The molecule has 5 heteroatoms. The van der Waals surface area contributed by atoms with Gasteiger partial charge in [0.15, 0.2) is 0 Å². The largest absolute Gasteiger partial charge is 0.283 e. The molecule has 3 nitrogen and oxygen atoms in total. The van der Waals surface area contributed by atoms with E-state index in [2.05, 4.69) is 10.5 Å². The molecule has 0 aliphatic heterocycles. The zero-order chi connectivity index (χ0) is 14.0. The Labute approximate surface area is 121 Å². The molecule has 0 aliphatic carbocycles. The number of hydrogen-bond donors (Lipinski definition) is 1. The number of thiophene rings is 1. The van der Waals surface area contributed by atoms with Crippen LogP contribution in [0.1, 0.15) is 35.5 Å². The van der Waals surface area contributed by atoms with E-state index in [1.54, 1.807) is 0 Å². The molecule has 1 aromatic heterocycles. The fraction of sp³-hybridized carbons (Fsp3) is 0.286. The summed E-state index contributed by atoms with van der Waals surface area (Å²) in [6, 6.07) is 5.96. The van der Waals surface area contributed by atoms with Crippen molar-refractivity contribution in [3.8, 4) is 0 Å². The minimum absolute atomic E-state index is 0.253. The minimum Gasteiger partial charge on any atom is -0.266 e. The quantitative estimate of drug-likeness (QED) is 0.662. The highest BCUT2D eigenvalue weighted by molar-refractivity contribution is 7.21. The van der Waals surface area contributed by atoms with Crippen LogP contribution in [0.5, 0.6) is 0 Å². The first-order valence-electron chi connectivity index (χ1n) is 6.05. The Morgan fingerprint density at radius 2 is 2.21 bits per heavy atom. The fourth-order valence-electron chi connectivity index (χ4n) is 1.59. The molecular weight excluding hydrogens is 280 g/mol. The van der Waals surface area contributed by atoms with Crippen LogP contribution in [0.25, 0.3) is 10.1 Å². The first-order valence-corrected chi connectivity index (χ1v) is 7.24. The molecule has 1 heterocycles. The van der Waals surface area contributed by atoms with Crippen LogP contribution in [0.15, 0.2) is 23.3 Å². The summed E-state index contributed by atoms with van der Waals surface area (Å²) in [7, 11) is 0. The van der Waals surface area contributed by atoms with E-state index in [0.29, 0.717) is 9.90 Å². The van der Waals surface area contributed by atoms with E-state index in [-0.39, 0.29) is 5.91 Å². The molecule has 0 unspecified atom stereocenters. The van der Waals surface area contributed by atoms with Gasteiger partial charge in [-0.15, -0.1) is 11.3 Å². The van der Waals surface area contributed by atoms with Gasteiger partial charge in [-0.2, -0.15) is 5.10 Å². The van der Waals surface area contributed by atoms with Crippen LogP contribution in [0.4, 0.5) is 0 Å². The van der Waals surface area contributed by atoms with Crippen molar-refractivity contribution in [1.82, 2.24) is 5.43 Å². The molecule has 0 bridgehead atoms. The Balaban J connectivity index is 2.35. The second kappa shape index (κ2) is 5.72. The van der Waals surface area contributed by atoms with Crippen molar-refractivity contribution in [3.05, 3.63) is 33.7 Å². The second-order valence-corrected chi connectivity index (χ2v) is 5.82. The van der Waals surface area contributed by atoms with Gasteiger partial charge in [-0.3, -0.25) is 4.79 Å². The van der Waals surface area contributed by atoms with E-state index < -0.39 is 0 Å². The number of fused-ring (bicyclic) bond motifs is 1. The molecule has 0 radical (unpaired) electrons. The van der Waals surface area contributed by atoms with E-state index >= 15 is 0 Å². The molecule has 0 spiro atoms. The van der Waals surface area contributed by atoms with Crippen molar-refractivity contribution in [1.29, 1.82) is 0 Å². The molecule has 2 rings (SSSR count). The Hall–Kier alpha value is -1.39. The molecule has 0 saturated heterocycles. The number of halogens is 1. The highest BCUT2D eigenvalue weighted by atomic mass is 35.5.